The van der Waals surface area contributed by atoms with E-state index in [0.717, 1.165) is 51.1 Å². The summed E-state index contributed by atoms with van der Waals surface area (Å²) < 4.78 is 19.8. The smallest absolute Gasteiger partial charge is 0.409 e. The molecule has 0 spiro atoms. The predicted octanol–water partition coefficient (Wildman–Crippen LogP) is 2.87. The number of hydrogen-bond acceptors (Lipinski definition) is 5. The summed E-state index contributed by atoms with van der Waals surface area (Å²) in [5.74, 6) is 0.503. The molecule has 3 rings (SSSR count). The average molecular weight is 576 g/mol. The molecule has 0 saturated carbocycles. The molecule has 8 nitrogen and oxygen atoms in total. The van der Waals surface area contributed by atoms with Crippen LogP contribution in [0.3, 0.4) is 0 Å². The van der Waals surface area contributed by atoms with Crippen molar-refractivity contribution >= 4 is 41.7 Å². The van der Waals surface area contributed by atoms with Gasteiger partial charge in [0.15, 0.2) is 5.96 Å². The van der Waals surface area contributed by atoms with E-state index in [2.05, 4.69) is 32.3 Å². The Kier molecular flexibility index (Phi) is 11.5. The zero-order valence-corrected chi connectivity index (χ0v) is 22.3. The Morgan fingerprint density at radius 1 is 1.15 bits per heavy atom. The number of carbonyl (C=O) groups is 1. The van der Waals surface area contributed by atoms with Gasteiger partial charge in [-0.15, -0.1) is 24.0 Å². The second kappa shape index (κ2) is 13.8. The third-order valence-electron chi connectivity index (χ3n) is 6.22. The first-order valence-corrected chi connectivity index (χ1v) is 11.7. The summed E-state index contributed by atoms with van der Waals surface area (Å²) in [6.07, 6.45) is 1.41. The van der Waals surface area contributed by atoms with Gasteiger partial charge in [-0.25, -0.2) is 9.18 Å². The van der Waals surface area contributed by atoms with Crippen LogP contribution in [0.1, 0.15) is 32.3 Å². The lowest BCUT2D eigenvalue weighted by atomic mass is 10.1. The van der Waals surface area contributed by atoms with Gasteiger partial charge < -0.3 is 30.1 Å². The number of hydrogen-bond donors (Lipinski definition) is 2. The van der Waals surface area contributed by atoms with Crippen molar-refractivity contribution in [2.75, 3.05) is 64.4 Å². The maximum atomic E-state index is 14.8. The van der Waals surface area contributed by atoms with E-state index in [1.165, 1.54) is 0 Å². The predicted molar refractivity (Wildman–Crippen MR) is 141 cm³/mol. The maximum absolute atomic E-state index is 14.8. The van der Waals surface area contributed by atoms with Crippen molar-refractivity contribution in [3.63, 3.8) is 0 Å². The lowest BCUT2D eigenvalue weighted by molar-refractivity contribution is 0.0963. The average Bonchev–Trinajstić information content (AvgIpc) is 2.82. The highest BCUT2D eigenvalue weighted by molar-refractivity contribution is 14.0. The van der Waals surface area contributed by atoms with Crippen LogP contribution in [-0.4, -0.2) is 87.4 Å². The van der Waals surface area contributed by atoms with E-state index in [1.807, 2.05) is 19.1 Å². The molecule has 2 fully saturated rings. The third-order valence-corrected chi connectivity index (χ3v) is 6.22. The van der Waals surface area contributed by atoms with Gasteiger partial charge in [0.25, 0.3) is 0 Å². The molecule has 0 bridgehead atoms. The van der Waals surface area contributed by atoms with Crippen LogP contribution in [0.2, 0.25) is 0 Å². The summed E-state index contributed by atoms with van der Waals surface area (Å²) in [6.45, 7) is 10.9. The first kappa shape index (κ1) is 27.4. The van der Waals surface area contributed by atoms with Crippen molar-refractivity contribution < 1.29 is 13.9 Å². The number of piperidine rings is 1. The minimum atomic E-state index is -0.244. The summed E-state index contributed by atoms with van der Waals surface area (Å²) in [6, 6.07) is 5.70. The Hall–Kier alpha value is -1.82. The van der Waals surface area contributed by atoms with Crippen LogP contribution in [0, 0.1) is 5.82 Å². The normalized spacial score (nSPS) is 18.0. The summed E-state index contributed by atoms with van der Waals surface area (Å²) in [7, 11) is 1.72. The maximum Gasteiger partial charge on any atom is 0.409 e. The Morgan fingerprint density at radius 3 is 2.42 bits per heavy atom. The van der Waals surface area contributed by atoms with Gasteiger partial charge in [-0.2, -0.15) is 0 Å². The number of guanidine groups is 1. The van der Waals surface area contributed by atoms with E-state index in [9.17, 15) is 9.18 Å². The Bertz CT molecular complexity index is 780. The van der Waals surface area contributed by atoms with Gasteiger partial charge in [-0.1, -0.05) is 13.0 Å². The van der Waals surface area contributed by atoms with Crippen molar-refractivity contribution in [3.8, 4) is 0 Å². The van der Waals surface area contributed by atoms with Gasteiger partial charge in [0.1, 0.15) is 5.82 Å². The molecule has 0 radical (unpaired) electrons. The molecule has 1 aromatic rings. The highest BCUT2D eigenvalue weighted by Crippen LogP contribution is 2.22. The van der Waals surface area contributed by atoms with Gasteiger partial charge in [-0.3, -0.25) is 4.99 Å². The number of rotatable bonds is 6. The minimum absolute atomic E-state index is 0. The molecule has 0 aliphatic carbocycles. The van der Waals surface area contributed by atoms with Crippen molar-refractivity contribution in [3.05, 3.63) is 29.6 Å². The van der Waals surface area contributed by atoms with Gasteiger partial charge in [0.05, 0.1) is 12.3 Å². The molecule has 2 aliphatic rings. The monoisotopic (exact) mass is 576 g/mol. The fourth-order valence-electron chi connectivity index (χ4n) is 4.22. The molecular weight excluding hydrogens is 538 g/mol. The molecule has 2 N–H and O–H groups in total. The Morgan fingerprint density at radius 2 is 1.85 bits per heavy atom. The molecule has 33 heavy (non-hydrogen) atoms. The molecule has 1 aromatic carbocycles. The Labute approximate surface area is 213 Å². The molecule has 0 aromatic heterocycles. The number of nitrogens with one attached hydrogen (secondary N) is 2. The summed E-state index contributed by atoms with van der Waals surface area (Å²) in [4.78, 5) is 22.4. The fourth-order valence-corrected chi connectivity index (χ4v) is 4.22. The molecule has 186 valence electrons. The van der Waals surface area contributed by atoms with Gasteiger partial charge in [0.2, 0.25) is 0 Å². The SMILES string of the molecule is CCOC(=O)N1CCC(NC(=NC)NCc2ccc(N3CCN(CC)CC3)c(F)c2)CC1.I. The number of piperazine rings is 1. The number of ether oxygens (including phenoxy) is 1. The van der Waals surface area contributed by atoms with E-state index < -0.39 is 0 Å². The molecule has 0 unspecified atom stereocenters. The lowest BCUT2D eigenvalue weighted by Crippen LogP contribution is -2.49. The number of likely N-dealkylation sites (tertiary alicyclic amines) is 1. The number of halogens is 2. The van der Waals surface area contributed by atoms with Crippen molar-refractivity contribution in [2.45, 2.75) is 39.3 Å². The number of aliphatic imine (C=N–C) groups is 1. The quantitative estimate of drug-likeness (QED) is 0.309. The number of nitrogens with zero attached hydrogens (tertiary/aromatic N) is 4. The minimum Gasteiger partial charge on any atom is -0.450 e. The summed E-state index contributed by atoms with van der Waals surface area (Å²) in [5, 5.41) is 6.68. The molecule has 1 amide bonds. The van der Waals surface area contributed by atoms with E-state index in [-0.39, 0.29) is 41.9 Å². The summed E-state index contributed by atoms with van der Waals surface area (Å²) >= 11 is 0. The van der Waals surface area contributed by atoms with Crippen LogP contribution >= 0.6 is 24.0 Å². The molecular formula is C23H38FIN6O2. The topological polar surface area (TPSA) is 72.4 Å². The van der Waals surface area contributed by atoms with E-state index >= 15 is 0 Å². The highest BCUT2D eigenvalue weighted by Gasteiger charge is 2.24. The first-order chi connectivity index (χ1) is 15.5. The number of carbonyl (C=O) groups excluding carboxylic acids is 1. The van der Waals surface area contributed by atoms with E-state index in [4.69, 9.17) is 4.74 Å². The van der Waals surface area contributed by atoms with Crippen LogP contribution in [0.5, 0.6) is 0 Å². The van der Waals surface area contributed by atoms with Crippen molar-refractivity contribution in [2.24, 2.45) is 4.99 Å². The van der Waals surface area contributed by atoms with Crippen LogP contribution < -0.4 is 15.5 Å². The van der Waals surface area contributed by atoms with Crippen LogP contribution in [0.25, 0.3) is 0 Å². The van der Waals surface area contributed by atoms with Crippen molar-refractivity contribution in [1.29, 1.82) is 0 Å². The number of anilines is 1. The largest absolute Gasteiger partial charge is 0.450 e. The van der Waals surface area contributed by atoms with Crippen molar-refractivity contribution in [1.82, 2.24) is 20.4 Å². The standard InChI is InChI=1S/C23H37FN6O2.HI/c1-4-28-12-14-29(15-13-28)21-7-6-18(16-20(21)24)17-26-22(25-3)27-19-8-10-30(11-9-19)23(31)32-5-2;/h6-7,16,19H,4-5,8-15,17H2,1-3H3,(H2,25,26,27);1H. The molecule has 2 aliphatic heterocycles. The molecule has 10 heteroatoms. The van der Waals surface area contributed by atoms with Crippen LogP contribution in [-0.2, 0) is 11.3 Å². The van der Waals surface area contributed by atoms with Gasteiger partial charge in [-0.05, 0) is 44.0 Å². The van der Waals surface area contributed by atoms with E-state index in [0.29, 0.717) is 37.9 Å². The van der Waals surface area contributed by atoms with Gasteiger partial charge in [0, 0.05) is 58.9 Å². The molecule has 2 heterocycles. The third kappa shape index (κ3) is 7.87. The first-order valence-electron chi connectivity index (χ1n) is 11.7. The second-order valence-corrected chi connectivity index (χ2v) is 8.24. The summed E-state index contributed by atoms with van der Waals surface area (Å²) in [5.41, 5.74) is 1.55. The highest BCUT2D eigenvalue weighted by atomic mass is 127. The van der Waals surface area contributed by atoms with Crippen LogP contribution in [0.4, 0.5) is 14.9 Å². The second-order valence-electron chi connectivity index (χ2n) is 8.24. The fraction of sp³-hybridized carbons (Fsp3) is 0.652. The zero-order chi connectivity index (χ0) is 22.9. The lowest BCUT2D eigenvalue weighted by Gasteiger charge is -2.35. The van der Waals surface area contributed by atoms with E-state index in [1.54, 1.807) is 18.0 Å². The zero-order valence-electron chi connectivity index (χ0n) is 20.0. The number of benzene rings is 1. The molecule has 0 atom stereocenters. The Balaban J connectivity index is 0.00000385. The van der Waals surface area contributed by atoms with Gasteiger partial charge >= 0.3 is 6.09 Å². The molecule has 2 saturated heterocycles. The van der Waals surface area contributed by atoms with Crippen LogP contribution in [0.15, 0.2) is 23.2 Å². The number of amides is 1. The number of likely N-dealkylation sites (N-methyl/N-ethyl adjacent to an activating group) is 1.